The average Bonchev–Trinajstić information content (AvgIpc) is 2.95. The number of likely N-dealkylation sites (tertiary alicyclic amines) is 1. The number of amides is 1. The van der Waals surface area contributed by atoms with Crippen molar-refractivity contribution in [1.29, 1.82) is 0 Å². The fraction of sp³-hybridized carbons (Fsp3) is 0.929. The van der Waals surface area contributed by atoms with Crippen molar-refractivity contribution in [2.75, 3.05) is 19.6 Å². The zero-order valence-corrected chi connectivity index (χ0v) is 13.6. The van der Waals surface area contributed by atoms with Gasteiger partial charge in [-0.15, -0.1) is 24.8 Å². The summed E-state index contributed by atoms with van der Waals surface area (Å²) in [5.41, 5.74) is 5.96. The minimum absolute atomic E-state index is 0. The van der Waals surface area contributed by atoms with Gasteiger partial charge in [0.2, 0.25) is 5.91 Å². The predicted octanol–water partition coefficient (Wildman–Crippen LogP) is 1.56. The first-order valence-electron chi connectivity index (χ1n) is 7.51. The van der Waals surface area contributed by atoms with Crippen molar-refractivity contribution in [2.24, 2.45) is 17.6 Å². The zero-order chi connectivity index (χ0) is 12.5. The van der Waals surface area contributed by atoms with Crippen LogP contribution in [0, 0.1) is 11.8 Å². The van der Waals surface area contributed by atoms with E-state index in [-0.39, 0.29) is 42.7 Å². The number of rotatable bonds is 4. The van der Waals surface area contributed by atoms with Gasteiger partial charge in [0.15, 0.2) is 0 Å². The van der Waals surface area contributed by atoms with Crippen LogP contribution in [0.4, 0.5) is 0 Å². The molecule has 0 radical (unpaired) electrons. The van der Waals surface area contributed by atoms with Crippen LogP contribution in [0.25, 0.3) is 0 Å². The lowest BCUT2D eigenvalue weighted by molar-refractivity contribution is -0.125. The summed E-state index contributed by atoms with van der Waals surface area (Å²) in [6.07, 6.45) is 7.11. The average molecular weight is 324 g/mol. The third-order valence-electron chi connectivity index (χ3n) is 4.85. The van der Waals surface area contributed by atoms with Crippen LogP contribution in [0.1, 0.15) is 38.5 Å². The highest BCUT2D eigenvalue weighted by Crippen LogP contribution is 2.31. The Labute approximate surface area is 134 Å². The second-order valence-electron chi connectivity index (χ2n) is 6.33. The maximum absolute atomic E-state index is 12.0. The molecule has 0 spiro atoms. The third-order valence-corrected chi connectivity index (χ3v) is 4.85. The molecule has 3 atom stereocenters. The van der Waals surface area contributed by atoms with Crippen LogP contribution in [0.2, 0.25) is 0 Å². The molecule has 1 amide bonds. The number of nitrogens with two attached hydrogens (primary N) is 1. The Morgan fingerprint density at radius 2 is 1.90 bits per heavy atom. The van der Waals surface area contributed by atoms with Crippen molar-refractivity contribution >= 4 is 30.7 Å². The minimum Gasteiger partial charge on any atom is -0.355 e. The molecule has 20 heavy (non-hydrogen) atoms. The number of hydrogen-bond donors (Lipinski definition) is 2. The Kier molecular flexibility index (Phi) is 7.06. The maximum Gasteiger partial charge on any atom is 0.224 e. The third kappa shape index (κ3) is 4.23. The summed E-state index contributed by atoms with van der Waals surface area (Å²) in [7, 11) is 0. The molecule has 0 aromatic carbocycles. The molecule has 4 nitrogen and oxygen atoms in total. The van der Waals surface area contributed by atoms with Gasteiger partial charge in [-0.3, -0.25) is 4.79 Å². The number of nitrogens with one attached hydrogen (secondary N) is 1. The smallest absolute Gasteiger partial charge is 0.224 e. The molecule has 6 heteroatoms. The van der Waals surface area contributed by atoms with Gasteiger partial charge in [-0.25, -0.2) is 0 Å². The predicted molar refractivity (Wildman–Crippen MR) is 85.5 cm³/mol. The van der Waals surface area contributed by atoms with E-state index in [9.17, 15) is 4.79 Å². The molecule has 2 saturated carbocycles. The summed E-state index contributed by atoms with van der Waals surface area (Å²) in [6, 6.07) is 0.963. The van der Waals surface area contributed by atoms with Crippen LogP contribution in [-0.2, 0) is 4.79 Å². The summed E-state index contributed by atoms with van der Waals surface area (Å²) in [5, 5.41) is 3.13. The highest BCUT2D eigenvalue weighted by atomic mass is 35.5. The van der Waals surface area contributed by atoms with E-state index in [0.29, 0.717) is 5.92 Å². The topological polar surface area (TPSA) is 58.4 Å². The van der Waals surface area contributed by atoms with Crippen molar-refractivity contribution in [3.63, 3.8) is 0 Å². The van der Waals surface area contributed by atoms with Crippen LogP contribution in [0.5, 0.6) is 0 Å². The number of carbonyl (C=O) groups is 1. The molecule has 3 fully saturated rings. The molecule has 1 heterocycles. The largest absolute Gasteiger partial charge is 0.355 e. The highest BCUT2D eigenvalue weighted by Gasteiger charge is 2.35. The molecule has 0 aromatic rings. The first-order chi connectivity index (χ1) is 8.74. The van der Waals surface area contributed by atoms with E-state index in [1.165, 1.54) is 32.4 Å². The van der Waals surface area contributed by atoms with E-state index in [2.05, 4.69) is 10.2 Å². The normalized spacial score (nSPS) is 33.4. The van der Waals surface area contributed by atoms with Gasteiger partial charge < -0.3 is 16.0 Å². The van der Waals surface area contributed by atoms with Crippen LogP contribution in [-0.4, -0.2) is 42.5 Å². The standard InChI is InChI=1S/C14H25N3O.2ClH/c15-13-3-1-2-12(13)14(18)16-8-10-6-7-17(9-10)11-4-5-11;;/h10-13H,1-9,15H2,(H,16,18);2*1H. The molecule has 2 aliphatic carbocycles. The van der Waals surface area contributed by atoms with Gasteiger partial charge in [0.1, 0.15) is 0 Å². The second-order valence-corrected chi connectivity index (χ2v) is 6.33. The van der Waals surface area contributed by atoms with E-state index in [1.54, 1.807) is 0 Å². The minimum atomic E-state index is 0. The van der Waals surface area contributed by atoms with Gasteiger partial charge in [0.05, 0.1) is 5.92 Å². The van der Waals surface area contributed by atoms with Crippen LogP contribution in [0.3, 0.4) is 0 Å². The van der Waals surface area contributed by atoms with E-state index in [0.717, 1.165) is 31.8 Å². The van der Waals surface area contributed by atoms with Crippen molar-refractivity contribution in [3.05, 3.63) is 0 Å². The molecule has 1 saturated heterocycles. The Balaban J connectivity index is 0.000001000. The Hall–Kier alpha value is -0.0300. The molecule has 3 unspecified atom stereocenters. The highest BCUT2D eigenvalue weighted by molar-refractivity contribution is 5.85. The summed E-state index contributed by atoms with van der Waals surface area (Å²) in [4.78, 5) is 14.6. The van der Waals surface area contributed by atoms with E-state index in [4.69, 9.17) is 5.73 Å². The van der Waals surface area contributed by atoms with Gasteiger partial charge >= 0.3 is 0 Å². The zero-order valence-electron chi connectivity index (χ0n) is 11.9. The number of carbonyl (C=O) groups excluding carboxylic acids is 1. The summed E-state index contributed by atoms with van der Waals surface area (Å²) < 4.78 is 0. The lowest BCUT2D eigenvalue weighted by Crippen LogP contribution is -2.40. The summed E-state index contributed by atoms with van der Waals surface area (Å²) >= 11 is 0. The Morgan fingerprint density at radius 1 is 1.15 bits per heavy atom. The van der Waals surface area contributed by atoms with Crippen LogP contribution < -0.4 is 11.1 Å². The van der Waals surface area contributed by atoms with Crippen molar-refractivity contribution < 1.29 is 4.79 Å². The fourth-order valence-corrected chi connectivity index (χ4v) is 3.49. The molecule has 1 aliphatic heterocycles. The van der Waals surface area contributed by atoms with Gasteiger partial charge in [-0.2, -0.15) is 0 Å². The SMILES string of the molecule is Cl.Cl.NC1CCCC1C(=O)NCC1CCN(C2CC2)C1. The number of nitrogens with zero attached hydrogens (tertiary/aromatic N) is 1. The summed E-state index contributed by atoms with van der Waals surface area (Å²) in [6.45, 7) is 3.26. The molecule has 118 valence electrons. The quantitative estimate of drug-likeness (QED) is 0.825. The fourth-order valence-electron chi connectivity index (χ4n) is 3.49. The molecular weight excluding hydrogens is 297 g/mol. The van der Waals surface area contributed by atoms with Gasteiger partial charge in [0.25, 0.3) is 0 Å². The summed E-state index contributed by atoms with van der Waals surface area (Å²) in [5.74, 6) is 0.933. The lowest BCUT2D eigenvalue weighted by Gasteiger charge is -2.18. The number of halogens is 2. The Bertz CT molecular complexity index is 326. The monoisotopic (exact) mass is 323 g/mol. The van der Waals surface area contributed by atoms with Crippen LogP contribution in [0.15, 0.2) is 0 Å². The van der Waals surface area contributed by atoms with E-state index < -0.39 is 0 Å². The van der Waals surface area contributed by atoms with E-state index >= 15 is 0 Å². The maximum atomic E-state index is 12.0. The van der Waals surface area contributed by atoms with Crippen molar-refractivity contribution in [1.82, 2.24) is 10.2 Å². The van der Waals surface area contributed by atoms with Gasteiger partial charge in [-0.05, 0) is 44.6 Å². The molecule has 3 N–H and O–H groups in total. The first-order valence-corrected chi connectivity index (χ1v) is 7.51. The molecular formula is C14H27Cl2N3O. The molecule has 0 aromatic heterocycles. The molecule has 3 rings (SSSR count). The van der Waals surface area contributed by atoms with Crippen LogP contribution >= 0.6 is 24.8 Å². The van der Waals surface area contributed by atoms with Gasteiger partial charge in [-0.1, -0.05) is 6.42 Å². The van der Waals surface area contributed by atoms with Gasteiger partial charge in [0, 0.05) is 25.2 Å². The van der Waals surface area contributed by atoms with Crippen molar-refractivity contribution in [2.45, 2.75) is 50.6 Å². The van der Waals surface area contributed by atoms with E-state index in [1.807, 2.05) is 0 Å². The lowest BCUT2D eigenvalue weighted by atomic mass is 10.0. The molecule has 0 bridgehead atoms. The number of hydrogen-bond acceptors (Lipinski definition) is 3. The Morgan fingerprint density at radius 3 is 2.50 bits per heavy atom. The first kappa shape index (κ1) is 18.0. The second kappa shape index (κ2) is 7.83. The van der Waals surface area contributed by atoms with Crippen molar-refractivity contribution in [3.8, 4) is 0 Å². The molecule has 3 aliphatic rings.